The van der Waals surface area contributed by atoms with E-state index >= 15 is 0 Å². The molecule has 0 fully saturated rings. The Labute approximate surface area is 132 Å². The van der Waals surface area contributed by atoms with Crippen LogP contribution in [0.4, 0.5) is 0 Å². The van der Waals surface area contributed by atoms with Gasteiger partial charge in [0.05, 0.1) is 30.2 Å². The van der Waals surface area contributed by atoms with Crippen LogP contribution in [0.25, 0.3) is 0 Å². The maximum atomic E-state index is 12.7. The summed E-state index contributed by atoms with van der Waals surface area (Å²) >= 11 is 1.16. The first-order valence-corrected chi connectivity index (χ1v) is 8.49. The highest BCUT2D eigenvalue weighted by molar-refractivity contribution is 8.14. The molecule has 0 unspecified atom stereocenters. The molecule has 0 atom stereocenters. The minimum absolute atomic E-state index is 0.0159. The molecule has 0 N–H and O–H groups in total. The first kappa shape index (κ1) is 16.3. The second kappa shape index (κ2) is 6.80. The smallest absolute Gasteiger partial charge is 0.340 e. The topological polar surface area (TPSA) is 82.0 Å². The normalized spacial score (nSPS) is 14.6. The molecule has 1 aromatic rings. The lowest BCUT2D eigenvalue weighted by Gasteiger charge is -2.08. The van der Waals surface area contributed by atoms with E-state index in [9.17, 15) is 13.2 Å². The SMILES string of the molecule is COC(=O)C1=C(S(=O)(=O)c2ccc(OC)cc2)N=CSC=C1. The van der Waals surface area contributed by atoms with Crippen LogP contribution in [0, 0.1) is 0 Å². The number of hydrogen-bond acceptors (Lipinski definition) is 7. The molecule has 0 radical (unpaired) electrons. The molecule has 1 heterocycles. The molecular formula is C14H13NO5S2. The van der Waals surface area contributed by atoms with Crippen molar-refractivity contribution in [3.05, 3.63) is 46.4 Å². The van der Waals surface area contributed by atoms with E-state index in [0.717, 1.165) is 11.8 Å². The molecule has 0 bridgehead atoms. The fraction of sp³-hybridized carbons (Fsp3) is 0.143. The minimum Gasteiger partial charge on any atom is -0.497 e. The molecule has 1 aliphatic heterocycles. The van der Waals surface area contributed by atoms with Crippen LogP contribution in [0.15, 0.2) is 56.2 Å². The van der Waals surface area contributed by atoms with Gasteiger partial charge < -0.3 is 9.47 Å². The average Bonchev–Trinajstić information content (AvgIpc) is 2.80. The minimum atomic E-state index is -3.95. The van der Waals surface area contributed by atoms with Crippen LogP contribution in [-0.2, 0) is 19.4 Å². The van der Waals surface area contributed by atoms with E-state index in [-0.39, 0.29) is 15.5 Å². The van der Waals surface area contributed by atoms with Crippen molar-refractivity contribution in [2.24, 2.45) is 4.99 Å². The highest BCUT2D eigenvalue weighted by atomic mass is 32.2. The van der Waals surface area contributed by atoms with Gasteiger partial charge in [-0.2, -0.15) is 0 Å². The molecule has 0 spiro atoms. The summed E-state index contributed by atoms with van der Waals surface area (Å²) in [6, 6.07) is 5.84. The summed E-state index contributed by atoms with van der Waals surface area (Å²) < 4.78 is 35.0. The van der Waals surface area contributed by atoms with Crippen LogP contribution in [0.2, 0.25) is 0 Å². The Morgan fingerprint density at radius 3 is 2.45 bits per heavy atom. The van der Waals surface area contributed by atoms with Crippen LogP contribution in [0.3, 0.4) is 0 Å². The van der Waals surface area contributed by atoms with Crippen molar-refractivity contribution in [1.82, 2.24) is 0 Å². The molecule has 0 aromatic heterocycles. The predicted octanol–water partition coefficient (Wildman–Crippen LogP) is 2.14. The van der Waals surface area contributed by atoms with E-state index in [1.165, 1.54) is 50.1 Å². The predicted molar refractivity (Wildman–Crippen MR) is 84.4 cm³/mol. The van der Waals surface area contributed by atoms with Crippen LogP contribution in [0.5, 0.6) is 5.75 Å². The molecule has 0 aliphatic carbocycles. The van der Waals surface area contributed by atoms with Gasteiger partial charge in [-0.3, -0.25) is 0 Å². The van der Waals surface area contributed by atoms with E-state index in [1.807, 2.05) is 0 Å². The number of methoxy groups -OCH3 is 2. The monoisotopic (exact) mass is 339 g/mol. The number of sulfone groups is 1. The van der Waals surface area contributed by atoms with Crippen molar-refractivity contribution in [3.8, 4) is 5.75 Å². The molecule has 1 aromatic carbocycles. The third-order valence-electron chi connectivity index (χ3n) is 2.80. The summed E-state index contributed by atoms with van der Waals surface area (Å²) in [6.07, 6.45) is 1.37. The van der Waals surface area contributed by atoms with Crippen molar-refractivity contribution < 1.29 is 22.7 Å². The molecule has 0 saturated carbocycles. The third-order valence-corrected chi connectivity index (χ3v) is 5.05. The highest BCUT2D eigenvalue weighted by Gasteiger charge is 2.27. The standard InChI is InChI=1S/C14H13NO5S2/c1-19-10-3-5-11(6-4-10)22(17,18)13-12(14(16)20-2)7-8-21-9-15-13/h3-9H,1-2H3. The number of hydrogen-bond donors (Lipinski definition) is 0. The summed E-state index contributed by atoms with van der Waals surface area (Å²) in [4.78, 5) is 15.7. The number of thioether (sulfide) groups is 1. The van der Waals surface area contributed by atoms with Gasteiger partial charge in [0.25, 0.3) is 0 Å². The Morgan fingerprint density at radius 1 is 1.18 bits per heavy atom. The van der Waals surface area contributed by atoms with E-state index in [4.69, 9.17) is 4.74 Å². The highest BCUT2D eigenvalue weighted by Crippen LogP contribution is 2.28. The van der Waals surface area contributed by atoms with Crippen LogP contribution in [0.1, 0.15) is 0 Å². The number of aliphatic imine (C=N–C) groups is 1. The number of nitrogens with zero attached hydrogens (tertiary/aromatic N) is 1. The average molecular weight is 339 g/mol. The lowest BCUT2D eigenvalue weighted by molar-refractivity contribution is -0.135. The molecule has 6 nitrogen and oxygen atoms in total. The second-order valence-corrected chi connectivity index (χ2v) is 6.68. The summed E-state index contributed by atoms with van der Waals surface area (Å²) in [5.41, 5.74) is 1.24. The number of esters is 1. The van der Waals surface area contributed by atoms with Crippen molar-refractivity contribution >= 4 is 33.1 Å². The Bertz CT molecular complexity index is 761. The Morgan fingerprint density at radius 2 is 1.86 bits per heavy atom. The second-order valence-electron chi connectivity index (χ2n) is 4.06. The lowest BCUT2D eigenvalue weighted by Crippen LogP contribution is -2.12. The molecular weight excluding hydrogens is 326 g/mol. The fourth-order valence-corrected chi connectivity index (χ4v) is 3.58. The van der Waals surface area contributed by atoms with Gasteiger partial charge in [-0.1, -0.05) is 11.8 Å². The van der Waals surface area contributed by atoms with Gasteiger partial charge in [-0.05, 0) is 35.7 Å². The van der Waals surface area contributed by atoms with Crippen molar-refractivity contribution in [2.45, 2.75) is 4.90 Å². The third kappa shape index (κ3) is 3.23. The molecule has 0 saturated heterocycles. The van der Waals surface area contributed by atoms with Gasteiger partial charge in [0.1, 0.15) is 5.75 Å². The van der Waals surface area contributed by atoms with E-state index < -0.39 is 15.8 Å². The summed E-state index contributed by atoms with van der Waals surface area (Å²) in [6.45, 7) is 0. The van der Waals surface area contributed by atoms with E-state index in [2.05, 4.69) is 9.73 Å². The van der Waals surface area contributed by atoms with Gasteiger partial charge in [0.2, 0.25) is 9.84 Å². The van der Waals surface area contributed by atoms with Crippen molar-refractivity contribution in [2.75, 3.05) is 14.2 Å². The van der Waals surface area contributed by atoms with Crippen LogP contribution in [-0.4, -0.2) is 34.2 Å². The van der Waals surface area contributed by atoms with Crippen molar-refractivity contribution in [3.63, 3.8) is 0 Å². The van der Waals surface area contributed by atoms with Gasteiger partial charge in [0.15, 0.2) is 5.03 Å². The number of benzene rings is 1. The van der Waals surface area contributed by atoms with E-state index in [1.54, 1.807) is 5.41 Å². The van der Waals surface area contributed by atoms with Crippen molar-refractivity contribution in [1.29, 1.82) is 0 Å². The zero-order chi connectivity index (χ0) is 16.2. The number of carbonyl (C=O) groups excluding carboxylic acids is 1. The van der Waals surface area contributed by atoms with Crippen LogP contribution >= 0.6 is 11.8 Å². The first-order chi connectivity index (χ1) is 10.5. The Kier molecular flexibility index (Phi) is 5.04. The molecule has 8 heteroatoms. The molecule has 116 valence electrons. The van der Waals surface area contributed by atoms with Crippen LogP contribution < -0.4 is 4.74 Å². The van der Waals surface area contributed by atoms with Gasteiger partial charge in [-0.15, -0.1) is 0 Å². The zero-order valence-electron chi connectivity index (χ0n) is 11.8. The molecule has 22 heavy (non-hydrogen) atoms. The summed E-state index contributed by atoms with van der Waals surface area (Å²) in [7, 11) is -1.29. The molecule has 2 rings (SSSR count). The Hall–Kier alpha value is -2.06. The maximum absolute atomic E-state index is 12.7. The number of ether oxygens (including phenoxy) is 2. The maximum Gasteiger partial charge on any atom is 0.340 e. The number of rotatable bonds is 4. The summed E-state index contributed by atoms with van der Waals surface area (Å²) in [5, 5.41) is 1.22. The molecule has 1 aliphatic rings. The fourth-order valence-electron chi connectivity index (χ4n) is 1.71. The molecule has 0 amide bonds. The summed E-state index contributed by atoms with van der Waals surface area (Å²) in [5.74, 6) is -0.232. The van der Waals surface area contributed by atoms with Gasteiger partial charge >= 0.3 is 5.97 Å². The Balaban J connectivity index is 2.59. The quantitative estimate of drug-likeness (QED) is 0.782. The zero-order valence-corrected chi connectivity index (χ0v) is 13.5. The first-order valence-electron chi connectivity index (χ1n) is 6.07. The lowest BCUT2D eigenvalue weighted by atomic mass is 10.3. The number of carbonyl (C=O) groups is 1. The van der Waals surface area contributed by atoms with E-state index in [0.29, 0.717) is 5.75 Å². The largest absolute Gasteiger partial charge is 0.497 e. The van der Waals surface area contributed by atoms with Gasteiger partial charge in [-0.25, -0.2) is 18.2 Å². The van der Waals surface area contributed by atoms with Gasteiger partial charge in [0, 0.05) is 0 Å².